The highest BCUT2D eigenvalue weighted by Gasteiger charge is 2.51. The lowest BCUT2D eigenvalue weighted by molar-refractivity contribution is -0.140. The Hall–Kier alpha value is -1.16. The molecule has 0 aromatic heterocycles. The van der Waals surface area contributed by atoms with Crippen molar-refractivity contribution in [3.63, 3.8) is 0 Å². The smallest absolute Gasteiger partial charge is 0.314 e. The van der Waals surface area contributed by atoms with E-state index in [0.29, 0.717) is 0 Å². The second-order valence-corrected chi connectivity index (χ2v) is 4.81. The van der Waals surface area contributed by atoms with E-state index >= 15 is 0 Å². The highest BCUT2D eigenvalue weighted by atomic mass is 32.2. The van der Waals surface area contributed by atoms with E-state index in [1.807, 2.05) is 24.5 Å². The minimum atomic E-state index is -0.718. The molecule has 16 heavy (non-hydrogen) atoms. The van der Waals surface area contributed by atoms with E-state index in [2.05, 4.69) is 0 Å². The number of rotatable bonds is 4. The zero-order valence-corrected chi connectivity index (χ0v) is 10.1. The van der Waals surface area contributed by atoms with Crippen LogP contribution in [0.5, 0.6) is 5.75 Å². The fourth-order valence-electron chi connectivity index (χ4n) is 1.88. The molecule has 1 aromatic rings. The summed E-state index contributed by atoms with van der Waals surface area (Å²) in [6.07, 6.45) is 3.44. The van der Waals surface area contributed by atoms with Crippen molar-refractivity contribution in [3.05, 3.63) is 23.8 Å². The predicted octanol–water partition coefficient (Wildman–Crippen LogP) is 2.53. The van der Waals surface area contributed by atoms with Crippen LogP contribution in [-0.2, 0) is 10.2 Å². The minimum Gasteiger partial charge on any atom is -0.496 e. The minimum absolute atomic E-state index is 0.628. The molecule has 0 radical (unpaired) electrons. The maximum atomic E-state index is 11.2. The van der Waals surface area contributed by atoms with Crippen LogP contribution in [0.2, 0.25) is 0 Å². The Morgan fingerprint density at radius 1 is 1.50 bits per heavy atom. The van der Waals surface area contributed by atoms with Crippen molar-refractivity contribution < 1.29 is 14.6 Å². The van der Waals surface area contributed by atoms with Gasteiger partial charge in [-0.2, -0.15) is 0 Å². The summed E-state index contributed by atoms with van der Waals surface area (Å²) in [6, 6.07) is 5.65. The second-order valence-electron chi connectivity index (χ2n) is 3.96. The van der Waals surface area contributed by atoms with Gasteiger partial charge in [-0.1, -0.05) is 6.07 Å². The fourth-order valence-corrected chi connectivity index (χ4v) is 2.48. The van der Waals surface area contributed by atoms with E-state index in [9.17, 15) is 9.90 Å². The summed E-state index contributed by atoms with van der Waals surface area (Å²) < 4.78 is 5.22. The molecule has 1 fully saturated rings. The number of thioether (sulfide) groups is 1. The van der Waals surface area contributed by atoms with Crippen LogP contribution < -0.4 is 4.74 Å². The summed E-state index contributed by atoms with van der Waals surface area (Å²) >= 11 is 1.57. The Bertz CT molecular complexity index is 424. The number of carbonyl (C=O) groups is 1. The van der Waals surface area contributed by atoms with Crippen molar-refractivity contribution in [1.29, 1.82) is 0 Å². The van der Waals surface area contributed by atoms with Gasteiger partial charge in [-0.25, -0.2) is 0 Å². The highest BCUT2D eigenvalue weighted by Crippen LogP contribution is 2.49. The number of carboxylic acid groups (broad SMARTS) is 1. The first-order valence-electron chi connectivity index (χ1n) is 5.10. The molecule has 0 amide bonds. The number of aliphatic carboxylic acids is 1. The molecule has 0 saturated heterocycles. The normalized spacial score (nSPS) is 16.9. The van der Waals surface area contributed by atoms with Crippen LogP contribution in [0, 0.1) is 0 Å². The number of methoxy groups -OCH3 is 1. The number of hydrogen-bond donors (Lipinski definition) is 1. The average Bonchev–Trinajstić information content (AvgIpc) is 3.09. The first-order chi connectivity index (χ1) is 7.64. The van der Waals surface area contributed by atoms with Gasteiger partial charge in [-0.05, 0) is 36.8 Å². The number of ether oxygens (including phenoxy) is 1. The molecular weight excluding hydrogens is 224 g/mol. The van der Waals surface area contributed by atoms with Gasteiger partial charge in [0.2, 0.25) is 0 Å². The van der Waals surface area contributed by atoms with Crippen LogP contribution in [0.25, 0.3) is 0 Å². The maximum absolute atomic E-state index is 11.2. The van der Waals surface area contributed by atoms with Gasteiger partial charge in [-0.3, -0.25) is 4.79 Å². The molecule has 0 bridgehead atoms. The van der Waals surface area contributed by atoms with Crippen molar-refractivity contribution in [1.82, 2.24) is 0 Å². The van der Waals surface area contributed by atoms with Crippen molar-refractivity contribution >= 4 is 17.7 Å². The fraction of sp³-hybridized carbons (Fsp3) is 0.417. The van der Waals surface area contributed by atoms with Gasteiger partial charge >= 0.3 is 5.97 Å². The lowest BCUT2D eigenvalue weighted by Gasteiger charge is -2.13. The molecule has 1 aliphatic rings. The SMILES string of the molecule is COc1ccc(C2(C(=O)O)CC2)cc1SC. The van der Waals surface area contributed by atoms with Crippen molar-refractivity contribution in [2.75, 3.05) is 13.4 Å². The van der Waals surface area contributed by atoms with Crippen molar-refractivity contribution in [2.24, 2.45) is 0 Å². The Morgan fingerprint density at radius 3 is 2.62 bits per heavy atom. The molecule has 3 nitrogen and oxygen atoms in total. The lowest BCUT2D eigenvalue weighted by atomic mass is 9.96. The van der Waals surface area contributed by atoms with Gasteiger partial charge in [0.05, 0.1) is 12.5 Å². The van der Waals surface area contributed by atoms with Gasteiger partial charge in [0.15, 0.2) is 0 Å². The van der Waals surface area contributed by atoms with Crippen LogP contribution in [0.15, 0.2) is 23.1 Å². The Labute approximate surface area is 98.8 Å². The summed E-state index contributed by atoms with van der Waals surface area (Å²) in [6.45, 7) is 0. The summed E-state index contributed by atoms with van der Waals surface area (Å²) in [5, 5.41) is 9.21. The summed E-state index contributed by atoms with van der Waals surface area (Å²) in [7, 11) is 1.62. The summed E-state index contributed by atoms with van der Waals surface area (Å²) in [5.41, 5.74) is 0.265. The lowest BCUT2D eigenvalue weighted by Crippen LogP contribution is -2.19. The van der Waals surface area contributed by atoms with Crippen molar-refractivity contribution in [3.8, 4) is 5.75 Å². The molecule has 0 heterocycles. The Morgan fingerprint density at radius 2 is 2.19 bits per heavy atom. The molecular formula is C12H14O3S. The number of carboxylic acids is 1. The van der Waals surface area contributed by atoms with Gasteiger partial charge in [0.1, 0.15) is 5.75 Å². The van der Waals surface area contributed by atoms with E-state index in [4.69, 9.17) is 4.74 Å². The van der Waals surface area contributed by atoms with Crippen LogP contribution in [-0.4, -0.2) is 24.4 Å². The van der Waals surface area contributed by atoms with Gasteiger partial charge in [-0.15, -0.1) is 11.8 Å². The van der Waals surface area contributed by atoms with E-state index in [-0.39, 0.29) is 0 Å². The monoisotopic (exact) mass is 238 g/mol. The Kier molecular flexibility index (Phi) is 2.84. The molecule has 0 aliphatic heterocycles. The van der Waals surface area contributed by atoms with Crippen LogP contribution in [0.3, 0.4) is 0 Å². The van der Waals surface area contributed by atoms with E-state index < -0.39 is 11.4 Å². The van der Waals surface area contributed by atoms with E-state index in [0.717, 1.165) is 29.1 Å². The van der Waals surface area contributed by atoms with E-state index in [1.165, 1.54) is 0 Å². The molecule has 86 valence electrons. The van der Waals surface area contributed by atoms with Crippen molar-refractivity contribution in [2.45, 2.75) is 23.2 Å². The molecule has 1 aromatic carbocycles. The number of benzene rings is 1. The zero-order valence-electron chi connectivity index (χ0n) is 9.32. The molecule has 0 atom stereocenters. The standard InChI is InChI=1S/C12H14O3S/c1-15-9-4-3-8(7-10(9)16-2)12(5-6-12)11(13)14/h3-4,7H,5-6H2,1-2H3,(H,13,14). The maximum Gasteiger partial charge on any atom is 0.314 e. The Balaban J connectivity index is 2.40. The van der Waals surface area contributed by atoms with Gasteiger partial charge in [0.25, 0.3) is 0 Å². The second kappa shape index (κ2) is 4.01. The van der Waals surface area contributed by atoms with Gasteiger partial charge in [0, 0.05) is 4.90 Å². The molecule has 4 heteroatoms. The topological polar surface area (TPSA) is 46.5 Å². The molecule has 0 spiro atoms. The van der Waals surface area contributed by atoms with Gasteiger partial charge < -0.3 is 9.84 Å². The zero-order chi connectivity index (χ0) is 11.8. The van der Waals surface area contributed by atoms with Crippen LogP contribution in [0.4, 0.5) is 0 Å². The summed E-state index contributed by atoms with van der Waals surface area (Å²) in [5.74, 6) is 0.0853. The molecule has 1 aliphatic carbocycles. The number of hydrogen-bond acceptors (Lipinski definition) is 3. The highest BCUT2D eigenvalue weighted by molar-refractivity contribution is 7.98. The van der Waals surface area contributed by atoms with E-state index in [1.54, 1.807) is 18.9 Å². The largest absolute Gasteiger partial charge is 0.496 e. The first-order valence-corrected chi connectivity index (χ1v) is 6.32. The average molecular weight is 238 g/mol. The quantitative estimate of drug-likeness (QED) is 0.819. The predicted molar refractivity (Wildman–Crippen MR) is 63.3 cm³/mol. The molecule has 0 unspecified atom stereocenters. The molecule has 1 saturated carbocycles. The molecule has 1 N–H and O–H groups in total. The third-order valence-electron chi connectivity index (χ3n) is 3.10. The third kappa shape index (κ3) is 1.67. The van der Waals surface area contributed by atoms with Crippen LogP contribution >= 0.6 is 11.8 Å². The van der Waals surface area contributed by atoms with Crippen LogP contribution in [0.1, 0.15) is 18.4 Å². The third-order valence-corrected chi connectivity index (χ3v) is 3.85. The molecule has 2 rings (SSSR count). The summed E-state index contributed by atoms with van der Waals surface area (Å²) in [4.78, 5) is 12.2. The first kappa shape index (κ1) is 11.3.